The molecule has 1 aromatic rings. The van der Waals surface area contributed by atoms with Crippen molar-refractivity contribution < 1.29 is 14.3 Å². The Morgan fingerprint density at radius 2 is 1.56 bits per heavy atom. The Morgan fingerprint density at radius 1 is 0.938 bits per heavy atom. The molecular formula is C27H38N2O3. The van der Waals surface area contributed by atoms with E-state index in [2.05, 4.69) is 4.90 Å². The molecule has 0 unspecified atom stereocenters. The maximum absolute atomic E-state index is 13.1. The first-order chi connectivity index (χ1) is 15.6. The molecule has 32 heavy (non-hydrogen) atoms. The van der Waals surface area contributed by atoms with Crippen LogP contribution in [0.1, 0.15) is 74.6 Å². The number of carbonyl (C=O) groups excluding carboxylic acids is 1. The summed E-state index contributed by atoms with van der Waals surface area (Å²) in [6.45, 7) is 3.98. The van der Waals surface area contributed by atoms with Crippen molar-refractivity contribution in [3.63, 3.8) is 0 Å². The van der Waals surface area contributed by atoms with Crippen molar-refractivity contribution in [2.45, 2.75) is 75.9 Å². The van der Waals surface area contributed by atoms with E-state index in [0.29, 0.717) is 16.9 Å². The second-order valence-electron chi connectivity index (χ2n) is 11.3. The Kier molecular flexibility index (Phi) is 5.36. The van der Waals surface area contributed by atoms with Gasteiger partial charge in [0.25, 0.3) is 5.91 Å². The van der Waals surface area contributed by atoms with Gasteiger partial charge in [-0.25, -0.2) is 0 Å². The molecule has 174 valence electrons. The van der Waals surface area contributed by atoms with Gasteiger partial charge in [0, 0.05) is 37.8 Å². The molecule has 4 aliphatic carbocycles. The monoisotopic (exact) mass is 438 g/mol. The van der Waals surface area contributed by atoms with Crippen LogP contribution < -0.4 is 9.47 Å². The van der Waals surface area contributed by atoms with Crippen LogP contribution in [0.3, 0.4) is 0 Å². The van der Waals surface area contributed by atoms with Crippen molar-refractivity contribution in [2.75, 3.05) is 33.3 Å². The summed E-state index contributed by atoms with van der Waals surface area (Å²) in [4.78, 5) is 17.9. The molecule has 4 saturated carbocycles. The van der Waals surface area contributed by atoms with Crippen LogP contribution >= 0.6 is 0 Å². The molecule has 4 bridgehead atoms. The third-order valence-corrected chi connectivity index (χ3v) is 9.22. The number of ether oxygens (including phenoxy) is 2. The van der Waals surface area contributed by atoms with Crippen LogP contribution in [0.15, 0.2) is 18.2 Å². The number of methoxy groups -OCH3 is 1. The van der Waals surface area contributed by atoms with E-state index < -0.39 is 0 Å². The fourth-order valence-corrected chi connectivity index (χ4v) is 8.07. The first-order valence-electron chi connectivity index (χ1n) is 13.0. The van der Waals surface area contributed by atoms with Crippen molar-refractivity contribution in [3.05, 3.63) is 23.8 Å². The molecule has 0 atom stereocenters. The predicted octanol–water partition coefficient (Wildman–Crippen LogP) is 4.74. The molecule has 0 spiro atoms. The number of piperidine rings is 1. The number of rotatable bonds is 5. The largest absolute Gasteiger partial charge is 0.497 e. The number of hydrogen-bond donors (Lipinski definition) is 0. The Balaban J connectivity index is 1.14. The molecule has 6 aliphatic rings. The fraction of sp³-hybridized carbons (Fsp3) is 0.741. The highest BCUT2D eigenvalue weighted by atomic mass is 16.5. The summed E-state index contributed by atoms with van der Waals surface area (Å²) in [6, 6.07) is 5.68. The Labute approximate surface area is 192 Å². The summed E-state index contributed by atoms with van der Waals surface area (Å²) in [5.41, 5.74) is 1.18. The van der Waals surface area contributed by atoms with Gasteiger partial charge in [-0.1, -0.05) is 0 Å². The smallest absolute Gasteiger partial charge is 0.257 e. The van der Waals surface area contributed by atoms with E-state index in [1.54, 1.807) is 7.11 Å². The topological polar surface area (TPSA) is 42.0 Å². The molecule has 5 nitrogen and oxygen atoms in total. The van der Waals surface area contributed by atoms with Gasteiger partial charge in [-0.3, -0.25) is 9.69 Å². The first-order valence-corrected chi connectivity index (χ1v) is 13.0. The second kappa shape index (κ2) is 8.23. The number of benzene rings is 1. The van der Waals surface area contributed by atoms with E-state index in [-0.39, 0.29) is 12.0 Å². The zero-order valence-electron chi connectivity index (χ0n) is 19.6. The Hall–Kier alpha value is -1.75. The van der Waals surface area contributed by atoms with Crippen LogP contribution in [-0.4, -0.2) is 60.6 Å². The lowest BCUT2D eigenvalue weighted by atomic mass is 9.52. The van der Waals surface area contributed by atoms with E-state index in [9.17, 15) is 4.79 Å². The maximum Gasteiger partial charge on any atom is 0.257 e. The second-order valence-corrected chi connectivity index (χ2v) is 11.3. The maximum atomic E-state index is 13.1. The number of nitrogens with zero attached hydrogens (tertiary/aromatic N) is 2. The molecule has 6 fully saturated rings. The third-order valence-electron chi connectivity index (χ3n) is 9.22. The summed E-state index contributed by atoms with van der Waals surface area (Å²) in [5.74, 6) is 4.54. The predicted molar refractivity (Wildman–Crippen MR) is 124 cm³/mol. The molecule has 0 aromatic heterocycles. The van der Waals surface area contributed by atoms with E-state index in [1.165, 1.54) is 38.5 Å². The average Bonchev–Trinajstić information content (AvgIpc) is 3.33. The van der Waals surface area contributed by atoms with Crippen LogP contribution in [0.25, 0.3) is 0 Å². The molecule has 0 N–H and O–H groups in total. The SMILES string of the molecule is COc1ccc(C(=O)N2CCCC2)c(OC2CCN(C34CC5CC(CC(C5)C3)C4)CC2)c1. The van der Waals surface area contributed by atoms with Gasteiger partial charge < -0.3 is 14.4 Å². The van der Waals surface area contributed by atoms with E-state index in [4.69, 9.17) is 9.47 Å². The summed E-state index contributed by atoms with van der Waals surface area (Å²) >= 11 is 0. The molecule has 5 heteroatoms. The van der Waals surface area contributed by atoms with Gasteiger partial charge in [-0.2, -0.15) is 0 Å². The highest BCUT2D eigenvalue weighted by Gasteiger charge is 2.53. The number of hydrogen-bond acceptors (Lipinski definition) is 4. The van der Waals surface area contributed by atoms with Crippen molar-refractivity contribution in [2.24, 2.45) is 17.8 Å². The zero-order chi connectivity index (χ0) is 21.7. The minimum absolute atomic E-state index is 0.103. The Bertz CT molecular complexity index is 819. The third kappa shape index (κ3) is 3.70. The van der Waals surface area contributed by atoms with Gasteiger partial charge in [0.15, 0.2) is 0 Å². The lowest BCUT2D eigenvalue weighted by molar-refractivity contribution is -0.102. The van der Waals surface area contributed by atoms with Crippen LogP contribution in [0.5, 0.6) is 11.5 Å². The van der Waals surface area contributed by atoms with Crippen molar-refractivity contribution in [1.29, 1.82) is 0 Å². The molecule has 2 heterocycles. The van der Waals surface area contributed by atoms with E-state index in [1.807, 2.05) is 23.1 Å². The molecule has 1 aromatic carbocycles. The normalized spacial score (nSPS) is 34.8. The molecular weight excluding hydrogens is 400 g/mol. The summed E-state index contributed by atoms with van der Waals surface area (Å²) in [6.07, 6.45) is 13.3. The fourth-order valence-electron chi connectivity index (χ4n) is 8.07. The zero-order valence-corrected chi connectivity index (χ0v) is 19.6. The first kappa shape index (κ1) is 20.8. The number of likely N-dealkylation sites (tertiary alicyclic amines) is 2. The average molecular weight is 439 g/mol. The molecule has 1 amide bonds. The lowest BCUT2D eigenvalue weighted by Gasteiger charge is -2.61. The van der Waals surface area contributed by atoms with E-state index >= 15 is 0 Å². The van der Waals surface area contributed by atoms with Crippen molar-refractivity contribution in [3.8, 4) is 11.5 Å². The molecule has 7 rings (SSSR count). The van der Waals surface area contributed by atoms with Gasteiger partial charge in [-0.15, -0.1) is 0 Å². The van der Waals surface area contributed by atoms with Gasteiger partial charge >= 0.3 is 0 Å². The molecule has 2 saturated heterocycles. The lowest BCUT2D eigenvalue weighted by Crippen LogP contribution is -2.61. The number of carbonyl (C=O) groups is 1. The van der Waals surface area contributed by atoms with Crippen molar-refractivity contribution >= 4 is 5.91 Å². The summed E-state index contributed by atoms with van der Waals surface area (Å²) < 4.78 is 12.0. The summed E-state index contributed by atoms with van der Waals surface area (Å²) in [5, 5.41) is 0. The van der Waals surface area contributed by atoms with Gasteiger partial charge in [-0.05, 0) is 94.1 Å². The number of amides is 1. The minimum Gasteiger partial charge on any atom is -0.497 e. The van der Waals surface area contributed by atoms with Crippen LogP contribution in [0.4, 0.5) is 0 Å². The van der Waals surface area contributed by atoms with Gasteiger partial charge in [0.2, 0.25) is 0 Å². The highest BCUT2D eigenvalue weighted by Crippen LogP contribution is 2.58. The standard InChI is InChI=1S/C27H38N2O3/c1-31-23-4-5-24(26(30)28-8-2-3-9-28)25(15-23)32-22-6-10-29(11-7-22)27-16-19-12-20(17-27)14-21(13-19)18-27/h4-5,15,19-22H,2-3,6-14,16-18H2,1H3. The quantitative estimate of drug-likeness (QED) is 0.666. The molecule has 0 radical (unpaired) electrons. The van der Waals surface area contributed by atoms with Gasteiger partial charge in [0.05, 0.1) is 12.7 Å². The highest BCUT2D eigenvalue weighted by molar-refractivity contribution is 5.97. The van der Waals surface area contributed by atoms with Crippen LogP contribution in [0, 0.1) is 17.8 Å². The van der Waals surface area contributed by atoms with Crippen molar-refractivity contribution in [1.82, 2.24) is 9.80 Å². The van der Waals surface area contributed by atoms with Gasteiger partial charge in [0.1, 0.15) is 17.6 Å². The summed E-state index contributed by atoms with van der Waals surface area (Å²) in [7, 11) is 1.67. The van der Waals surface area contributed by atoms with Crippen LogP contribution in [-0.2, 0) is 0 Å². The minimum atomic E-state index is 0.103. The van der Waals surface area contributed by atoms with Crippen LogP contribution in [0.2, 0.25) is 0 Å². The Morgan fingerprint density at radius 3 is 2.16 bits per heavy atom. The van der Waals surface area contributed by atoms with E-state index in [0.717, 1.165) is 75.4 Å². The molecule has 2 aliphatic heterocycles.